The Kier molecular flexibility index (Phi) is 14.7. The van der Waals surface area contributed by atoms with E-state index < -0.39 is 22.7 Å². The van der Waals surface area contributed by atoms with Crippen molar-refractivity contribution in [1.29, 1.82) is 0 Å². The maximum Gasteiger partial charge on any atom is 0.273 e. The summed E-state index contributed by atoms with van der Waals surface area (Å²) in [6.45, 7) is 6.93. The van der Waals surface area contributed by atoms with Crippen LogP contribution in [-0.4, -0.2) is 101 Å². The molecule has 2 aromatic carbocycles. The number of rotatable bonds is 23. The van der Waals surface area contributed by atoms with Gasteiger partial charge in [-0.15, -0.1) is 6.58 Å². The average molecular weight is 792 g/mol. The van der Waals surface area contributed by atoms with E-state index in [-0.39, 0.29) is 87.9 Å². The van der Waals surface area contributed by atoms with Crippen molar-refractivity contribution in [1.82, 2.24) is 4.90 Å². The predicted molar refractivity (Wildman–Crippen MR) is 212 cm³/mol. The number of oxime groups is 1. The molecule has 1 amide bonds. The van der Waals surface area contributed by atoms with Gasteiger partial charge in [-0.1, -0.05) is 36.2 Å². The lowest BCUT2D eigenvalue weighted by Crippen LogP contribution is -2.70. The molecule has 2 saturated carbocycles. The molecule has 1 aliphatic heterocycles. The summed E-state index contributed by atoms with van der Waals surface area (Å²) in [5, 5.41) is 45.5. The van der Waals surface area contributed by atoms with Gasteiger partial charge >= 0.3 is 0 Å². The first kappa shape index (κ1) is 42.3. The van der Waals surface area contributed by atoms with Gasteiger partial charge in [-0.2, -0.15) is 0 Å². The molecular formula is C43H57N3O11. The molecule has 310 valence electrons. The standard InChI is InChI=1S/C43H57N3O11/c1-3-22-54-43-39(45(18-23-53-24-21-49)42(50)29-14-15-29)28-37(44-55-4-2)35-25-30(10-5-7-19-47)34(13-6-8-20-48)40(41(35)43)36-27-33(16-17-38(36)57-43)56-32-12-9-11-31(26-32)46(51)52/h3,9,11-12,16-17,25-27,29-30,34,39-41,47-49H,1,4-8,10,13-15,18-24,28H2,2H3/t30-,34+,39-,40+,41+,43+/m0/s1. The number of allylic oxidation sites excluding steroid dienone is 1. The van der Waals surface area contributed by atoms with E-state index in [2.05, 4.69) is 12.7 Å². The van der Waals surface area contributed by atoms with Crippen molar-refractivity contribution in [3.05, 3.63) is 82.4 Å². The van der Waals surface area contributed by atoms with Crippen LogP contribution in [0.25, 0.3) is 0 Å². The molecule has 0 radical (unpaired) electrons. The molecule has 0 bridgehead atoms. The van der Waals surface area contributed by atoms with Crippen molar-refractivity contribution in [3.63, 3.8) is 0 Å². The highest BCUT2D eigenvalue weighted by Gasteiger charge is 2.65. The van der Waals surface area contributed by atoms with Gasteiger partial charge in [0, 0.05) is 49.6 Å². The Morgan fingerprint density at radius 1 is 1.05 bits per heavy atom. The van der Waals surface area contributed by atoms with Gasteiger partial charge in [0.25, 0.3) is 5.69 Å². The number of unbranched alkanes of at least 4 members (excludes halogenated alkanes) is 2. The van der Waals surface area contributed by atoms with Crippen molar-refractivity contribution in [2.75, 3.05) is 52.8 Å². The fourth-order valence-corrected chi connectivity index (χ4v) is 8.96. The van der Waals surface area contributed by atoms with Gasteiger partial charge in [0.1, 0.15) is 29.9 Å². The predicted octanol–water partition coefficient (Wildman–Crippen LogP) is 6.29. The van der Waals surface area contributed by atoms with E-state index >= 15 is 0 Å². The van der Waals surface area contributed by atoms with Crippen LogP contribution in [0.1, 0.15) is 76.2 Å². The fraction of sp³-hybridized carbons (Fsp3) is 0.581. The molecule has 1 heterocycles. The minimum Gasteiger partial charge on any atom is -0.459 e. The van der Waals surface area contributed by atoms with E-state index in [0.717, 1.165) is 49.7 Å². The Morgan fingerprint density at radius 2 is 1.82 bits per heavy atom. The highest BCUT2D eigenvalue weighted by atomic mass is 16.7. The lowest BCUT2D eigenvalue weighted by molar-refractivity contribution is -0.384. The van der Waals surface area contributed by atoms with Gasteiger partial charge in [-0.05, 0) is 87.1 Å². The molecule has 3 N–H and O–H groups in total. The highest BCUT2D eigenvalue weighted by Crippen LogP contribution is 2.62. The second-order valence-electron chi connectivity index (χ2n) is 15.2. The molecular weight excluding hydrogens is 734 g/mol. The Morgan fingerprint density at radius 3 is 2.53 bits per heavy atom. The molecule has 14 nitrogen and oxygen atoms in total. The largest absolute Gasteiger partial charge is 0.459 e. The van der Waals surface area contributed by atoms with E-state index in [1.165, 1.54) is 12.1 Å². The zero-order valence-corrected chi connectivity index (χ0v) is 32.8. The summed E-state index contributed by atoms with van der Waals surface area (Å²) < 4.78 is 26.3. The normalized spacial score (nSPS) is 25.4. The number of amides is 1. The van der Waals surface area contributed by atoms with Gasteiger partial charge in [0.2, 0.25) is 11.7 Å². The number of nitrogens with zero attached hydrogens (tertiary/aromatic N) is 3. The van der Waals surface area contributed by atoms with Crippen LogP contribution in [0, 0.1) is 33.8 Å². The van der Waals surface area contributed by atoms with E-state index in [9.17, 15) is 30.2 Å². The monoisotopic (exact) mass is 791 g/mol. The van der Waals surface area contributed by atoms with Gasteiger partial charge in [0.05, 0.1) is 49.0 Å². The maximum atomic E-state index is 14.4. The van der Waals surface area contributed by atoms with E-state index in [4.69, 9.17) is 28.9 Å². The molecule has 2 aromatic rings. The Labute approximate surface area is 334 Å². The van der Waals surface area contributed by atoms with Crippen molar-refractivity contribution in [2.45, 2.75) is 82.5 Å². The summed E-state index contributed by atoms with van der Waals surface area (Å²) in [6.07, 6.45) is 10.3. The summed E-state index contributed by atoms with van der Waals surface area (Å²) >= 11 is 0. The summed E-state index contributed by atoms with van der Waals surface area (Å²) in [5.74, 6) is -0.871. The molecule has 6 atom stereocenters. The number of ether oxygens (including phenoxy) is 4. The number of hydrogen-bond acceptors (Lipinski definition) is 12. The van der Waals surface area contributed by atoms with Crippen LogP contribution in [0.15, 0.2) is 71.9 Å². The number of nitro groups is 1. The number of fused-ring (bicyclic) bond motifs is 2. The number of hydrogen-bond donors (Lipinski definition) is 3. The van der Waals surface area contributed by atoms with Crippen LogP contribution in [0.5, 0.6) is 17.2 Å². The second kappa shape index (κ2) is 19.9. The Bertz CT molecular complexity index is 1760. The van der Waals surface area contributed by atoms with Crippen LogP contribution in [0.3, 0.4) is 0 Å². The Hall–Kier alpha value is -4.34. The highest BCUT2D eigenvalue weighted by molar-refractivity contribution is 6.03. The van der Waals surface area contributed by atoms with E-state index in [1.807, 2.05) is 24.0 Å². The smallest absolute Gasteiger partial charge is 0.273 e. The first-order valence-electron chi connectivity index (χ1n) is 20.4. The molecule has 2 fully saturated rings. The lowest BCUT2D eigenvalue weighted by Gasteiger charge is -2.60. The van der Waals surface area contributed by atoms with Crippen molar-refractivity contribution >= 4 is 17.3 Å². The molecule has 0 saturated heterocycles. The van der Waals surface area contributed by atoms with Crippen molar-refractivity contribution in [2.24, 2.45) is 28.8 Å². The maximum absolute atomic E-state index is 14.4. The van der Waals surface area contributed by atoms with Crippen LogP contribution in [0.4, 0.5) is 5.69 Å². The fourth-order valence-electron chi connectivity index (χ4n) is 8.96. The third-order valence-electron chi connectivity index (χ3n) is 11.5. The van der Waals surface area contributed by atoms with Gasteiger partial charge in [-0.25, -0.2) is 0 Å². The van der Waals surface area contributed by atoms with Crippen LogP contribution in [-0.2, 0) is 19.1 Å². The Balaban J connectivity index is 1.56. The molecule has 57 heavy (non-hydrogen) atoms. The number of non-ortho nitro benzene ring substituents is 1. The molecule has 0 unspecified atom stereocenters. The molecule has 0 spiro atoms. The number of aliphatic hydroxyl groups is 3. The van der Waals surface area contributed by atoms with Crippen LogP contribution in [0.2, 0.25) is 0 Å². The first-order valence-corrected chi connectivity index (χ1v) is 20.4. The van der Waals surface area contributed by atoms with Gasteiger partial charge in [0.15, 0.2) is 0 Å². The summed E-state index contributed by atoms with van der Waals surface area (Å²) in [5.41, 5.74) is 2.41. The third kappa shape index (κ3) is 9.52. The zero-order chi connectivity index (χ0) is 40.4. The number of benzene rings is 2. The minimum atomic E-state index is -1.40. The van der Waals surface area contributed by atoms with Gasteiger partial charge in [-0.3, -0.25) is 14.9 Å². The van der Waals surface area contributed by atoms with E-state index in [0.29, 0.717) is 42.4 Å². The van der Waals surface area contributed by atoms with Crippen molar-refractivity contribution < 1.29 is 48.8 Å². The molecule has 6 rings (SSSR count). The number of nitro benzene ring substituents is 1. The van der Waals surface area contributed by atoms with Crippen molar-refractivity contribution in [3.8, 4) is 17.2 Å². The summed E-state index contributed by atoms with van der Waals surface area (Å²) in [6, 6.07) is 11.0. The number of carbonyl (C=O) groups excluding carboxylic acids is 1. The second-order valence-corrected chi connectivity index (χ2v) is 15.2. The molecule has 3 aliphatic carbocycles. The van der Waals surface area contributed by atoms with Gasteiger partial charge < -0.3 is 44.0 Å². The third-order valence-corrected chi connectivity index (χ3v) is 11.5. The van der Waals surface area contributed by atoms with Crippen LogP contribution < -0.4 is 9.47 Å². The first-order chi connectivity index (χ1) is 27.8. The quantitative estimate of drug-likeness (QED) is 0.0498. The lowest BCUT2D eigenvalue weighted by atomic mass is 9.55. The molecule has 14 heteroatoms. The summed E-state index contributed by atoms with van der Waals surface area (Å²) in [7, 11) is 0. The SMILES string of the molecule is C=CCO[C@@]12Oc3ccc(Oc4cccc([N+](=O)[O-])c4)cc3[C@H]3[C@H](CCCCO)[C@@H](CCCCO)C=C(C(=NOCC)C[C@@H]1N(CCOCCO)C(=O)C1CC1)[C@H]32. The number of carbonyl (C=O) groups is 1. The summed E-state index contributed by atoms with van der Waals surface area (Å²) in [4.78, 5) is 33.2. The molecule has 0 aromatic heterocycles. The average Bonchev–Trinajstić information content (AvgIpc) is 4.07. The number of aliphatic hydroxyl groups excluding tert-OH is 3. The minimum absolute atomic E-state index is 0.0128. The zero-order valence-electron chi connectivity index (χ0n) is 32.8. The molecule has 4 aliphatic rings. The van der Waals surface area contributed by atoms with Crippen LogP contribution >= 0.6 is 0 Å². The van der Waals surface area contributed by atoms with E-state index in [1.54, 1.807) is 24.3 Å². The topological polar surface area (TPSA) is 183 Å².